The van der Waals surface area contributed by atoms with E-state index in [4.69, 9.17) is 0 Å². The van der Waals surface area contributed by atoms with E-state index in [2.05, 4.69) is 20.2 Å². The van der Waals surface area contributed by atoms with Gasteiger partial charge in [-0.05, 0) is 56.5 Å². The molecule has 1 aromatic carbocycles. The highest BCUT2D eigenvalue weighted by Gasteiger charge is 2.39. The molecule has 200 valence electrons. The number of aromatic nitrogens is 2. The van der Waals surface area contributed by atoms with Crippen LogP contribution in [0.4, 0.5) is 24.8 Å². The zero-order chi connectivity index (χ0) is 26.7. The summed E-state index contributed by atoms with van der Waals surface area (Å²) in [7, 11) is 5.34. The van der Waals surface area contributed by atoms with Crippen LogP contribution in [-0.4, -0.2) is 83.8 Å². The molecule has 8 nitrogen and oxygen atoms in total. The van der Waals surface area contributed by atoms with E-state index in [0.29, 0.717) is 37.2 Å². The molecule has 2 aromatic rings. The maximum Gasteiger partial charge on any atom is 0.419 e. The molecule has 2 heterocycles. The van der Waals surface area contributed by atoms with Crippen LogP contribution in [0.2, 0.25) is 0 Å². The van der Waals surface area contributed by atoms with Crippen molar-refractivity contribution >= 4 is 23.5 Å². The molecule has 1 saturated carbocycles. The van der Waals surface area contributed by atoms with Crippen molar-refractivity contribution in [2.75, 3.05) is 52.6 Å². The summed E-state index contributed by atoms with van der Waals surface area (Å²) in [5.74, 6) is -0.595. The Morgan fingerprint density at radius 3 is 2.38 bits per heavy atom. The lowest BCUT2D eigenvalue weighted by Crippen LogP contribution is -2.47. The molecule has 0 radical (unpaired) electrons. The Morgan fingerprint density at radius 2 is 1.76 bits per heavy atom. The molecule has 37 heavy (non-hydrogen) atoms. The quantitative estimate of drug-likeness (QED) is 0.629. The van der Waals surface area contributed by atoms with E-state index in [1.807, 2.05) is 11.9 Å². The van der Waals surface area contributed by atoms with E-state index in [9.17, 15) is 22.8 Å². The maximum atomic E-state index is 13.7. The van der Waals surface area contributed by atoms with Gasteiger partial charge < -0.3 is 20.0 Å². The van der Waals surface area contributed by atoms with Gasteiger partial charge in [0.2, 0.25) is 11.9 Å². The molecule has 0 unspecified atom stereocenters. The van der Waals surface area contributed by atoms with Crippen LogP contribution in [0.1, 0.15) is 40.9 Å². The van der Waals surface area contributed by atoms with Crippen LogP contribution >= 0.6 is 0 Å². The van der Waals surface area contributed by atoms with Crippen molar-refractivity contribution in [1.29, 1.82) is 0 Å². The van der Waals surface area contributed by atoms with Crippen molar-refractivity contribution < 1.29 is 22.8 Å². The number of halogens is 3. The number of nitrogens with one attached hydrogen (secondary N) is 1. The summed E-state index contributed by atoms with van der Waals surface area (Å²) in [5, 5.41) is 2.96. The molecule has 1 aromatic heterocycles. The molecule has 11 heteroatoms. The van der Waals surface area contributed by atoms with Gasteiger partial charge in [0.05, 0.1) is 11.3 Å². The van der Waals surface area contributed by atoms with Crippen LogP contribution < -0.4 is 5.32 Å². The molecular formula is C26H33F3N6O2. The van der Waals surface area contributed by atoms with Gasteiger partial charge in [0.25, 0.3) is 5.91 Å². The van der Waals surface area contributed by atoms with E-state index in [-0.39, 0.29) is 41.7 Å². The van der Waals surface area contributed by atoms with Gasteiger partial charge in [-0.25, -0.2) is 9.97 Å². The summed E-state index contributed by atoms with van der Waals surface area (Å²) in [6.45, 7) is 2.98. The van der Waals surface area contributed by atoms with Crippen molar-refractivity contribution in [2.45, 2.75) is 31.9 Å². The normalized spacial score (nSPS) is 20.6. The van der Waals surface area contributed by atoms with Crippen LogP contribution in [0.5, 0.6) is 0 Å². The van der Waals surface area contributed by atoms with Crippen LogP contribution in [-0.2, 0) is 17.4 Å². The highest BCUT2D eigenvalue weighted by molar-refractivity contribution is 5.94. The molecule has 2 amide bonds. The lowest BCUT2D eigenvalue weighted by atomic mass is 9.89. The summed E-state index contributed by atoms with van der Waals surface area (Å²) in [5.41, 5.74) is 0.105. The lowest BCUT2D eigenvalue weighted by Gasteiger charge is -2.32. The second kappa shape index (κ2) is 11.0. The molecule has 1 aliphatic heterocycles. The zero-order valence-electron chi connectivity index (χ0n) is 21.4. The van der Waals surface area contributed by atoms with Crippen molar-refractivity contribution in [3.63, 3.8) is 0 Å². The fourth-order valence-electron chi connectivity index (χ4n) is 5.07. The largest absolute Gasteiger partial charge is 0.419 e. The van der Waals surface area contributed by atoms with Crippen LogP contribution in [0.15, 0.2) is 30.5 Å². The van der Waals surface area contributed by atoms with Crippen LogP contribution in [0, 0.1) is 11.8 Å². The molecule has 2 aliphatic rings. The van der Waals surface area contributed by atoms with Gasteiger partial charge >= 0.3 is 6.18 Å². The third kappa shape index (κ3) is 6.38. The Labute approximate surface area is 214 Å². The zero-order valence-corrected chi connectivity index (χ0v) is 21.4. The number of amides is 2. The van der Waals surface area contributed by atoms with Crippen molar-refractivity contribution in [3.8, 4) is 0 Å². The van der Waals surface area contributed by atoms with Gasteiger partial charge in [-0.15, -0.1) is 0 Å². The first-order chi connectivity index (χ1) is 17.5. The Bertz CT molecular complexity index is 1110. The van der Waals surface area contributed by atoms with E-state index in [1.165, 1.54) is 4.90 Å². The number of likely N-dealkylation sites (N-methyl/N-ethyl adjacent to an activating group) is 1. The van der Waals surface area contributed by atoms with E-state index < -0.39 is 11.7 Å². The monoisotopic (exact) mass is 518 g/mol. The number of piperazine rings is 1. The average Bonchev–Trinajstić information content (AvgIpc) is 3.31. The number of carbonyl (C=O) groups is 2. The van der Waals surface area contributed by atoms with Crippen LogP contribution in [0.3, 0.4) is 0 Å². The van der Waals surface area contributed by atoms with Gasteiger partial charge in [-0.2, -0.15) is 13.2 Å². The number of hydrogen-bond donors (Lipinski definition) is 1. The molecule has 1 saturated heterocycles. The summed E-state index contributed by atoms with van der Waals surface area (Å²) in [6.07, 6.45) is -1.61. The summed E-state index contributed by atoms with van der Waals surface area (Å²) in [6, 6.07) is 6.74. The minimum Gasteiger partial charge on any atom is -0.349 e. The highest BCUT2D eigenvalue weighted by Crippen LogP contribution is 2.38. The predicted molar refractivity (Wildman–Crippen MR) is 133 cm³/mol. The third-order valence-electron chi connectivity index (χ3n) is 7.22. The molecule has 1 aliphatic carbocycles. The molecule has 1 N–H and O–H groups in total. The maximum absolute atomic E-state index is 13.7. The van der Waals surface area contributed by atoms with E-state index >= 15 is 0 Å². The Kier molecular flexibility index (Phi) is 8.01. The van der Waals surface area contributed by atoms with Gasteiger partial charge in [0.1, 0.15) is 0 Å². The first-order valence-corrected chi connectivity index (χ1v) is 12.5. The number of benzene rings is 1. The Morgan fingerprint density at radius 1 is 1.08 bits per heavy atom. The highest BCUT2D eigenvalue weighted by atomic mass is 19.4. The number of carbonyl (C=O) groups excluding carboxylic acids is 2. The molecule has 4 rings (SSSR count). The van der Waals surface area contributed by atoms with Gasteiger partial charge in [0.15, 0.2) is 0 Å². The number of hydrogen-bond acceptors (Lipinski definition) is 6. The fraction of sp³-hybridized carbons (Fsp3) is 0.538. The van der Waals surface area contributed by atoms with Crippen LogP contribution in [0.25, 0.3) is 0 Å². The average molecular weight is 519 g/mol. The molecule has 0 spiro atoms. The Balaban J connectivity index is 1.50. The second-order valence-electron chi connectivity index (χ2n) is 10.1. The number of anilines is 2. The minimum atomic E-state index is -4.60. The predicted octanol–water partition coefficient (Wildman–Crippen LogP) is 3.67. The van der Waals surface area contributed by atoms with Crippen molar-refractivity contribution in [3.05, 3.63) is 47.3 Å². The molecular weight excluding hydrogens is 485 g/mol. The van der Waals surface area contributed by atoms with Gasteiger partial charge in [0, 0.05) is 63.6 Å². The smallest absolute Gasteiger partial charge is 0.349 e. The Hall–Kier alpha value is -3.21. The topological polar surface area (TPSA) is 81.7 Å². The van der Waals surface area contributed by atoms with E-state index in [1.54, 1.807) is 38.4 Å². The molecule has 0 bridgehead atoms. The number of nitrogens with zero attached hydrogens (tertiary/aromatic N) is 5. The van der Waals surface area contributed by atoms with Crippen molar-refractivity contribution in [1.82, 2.24) is 24.7 Å². The SMILES string of the molecule is CN1CCN(C(=O)c2ccc(Nc3ncc(C(F)(F)F)c(C[C@@H]4CCC[C@@H]4C(=O)N(C)C)n3)cc2)CC1. The minimum absolute atomic E-state index is 0.0367. The summed E-state index contributed by atoms with van der Waals surface area (Å²) < 4.78 is 41.2. The number of alkyl halides is 3. The van der Waals surface area contributed by atoms with Gasteiger partial charge in [-0.1, -0.05) is 6.42 Å². The standard InChI is InChI=1S/C26H33F3N6O2/c1-33(2)24(37)20-6-4-5-18(20)15-22-21(26(27,28)29)16-30-25(32-22)31-19-9-7-17(8-10-19)23(36)35-13-11-34(3)12-14-35/h7-10,16,18,20H,4-6,11-15H2,1-3H3,(H,30,31,32)/t18-,20-/m0/s1. The number of rotatable bonds is 6. The third-order valence-corrected chi connectivity index (χ3v) is 7.22. The van der Waals surface area contributed by atoms with E-state index in [0.717, 1.165) is 25.7 Å². The summed E-state index contributed by atoms with van der Waals surface area (Å²) in [4.78, 5) is 38.9. The van der Waals surface area contributed by atoms with Gasteiger partial charge in [-0.3, -0.25) is 9.59 Å². The summed E-state index contributed by atoms with van der Waals surface area (Å²) >= 11 is 0. The first kappa shape index (κ1) is 26.8. The van der Waals surface area contributed by atoms with Crippen molar-refractivity contribution in [2.24, 2.45) is 11.8 Å². The molecule has 2 fully saturated rings. The lowest BCUT2D eigenvalue weighted by molar-refractivity contribution is -0.138. The first-order valence-electron chi connectivity index (χ1n) is 12.5. The molecule has 2 atom stereocenters. The fourth-order valence-corrected chi connectivity index (χ4v) is 5.07. The second-order valence-corrected chi connectivity index (χ2v) is 10.1.